The molecule has 2 rings (SSSR count). The predicted molar refractivity (Wildman–Crippen MR) is 87.7 cm³/mol. The quantitative estimate of drug-likeness (QED) is 0.807. The van der Waals surface area contributed by atoms with Gasteiger partial charge in [-0.15, -0.1) is 11.3 Å². The summed E-state index contributed by atoms with van der Waals surface area (Å²) in [6.45, 7) is 7.62. The summed E-state index contributed by atoms with van der Waals surface area (Å²) >= 11 is 1.29. The molecule has 0 aliphatic carbocycles. The SMILES string of the molecule is CC.Cc1ccc(-c2nc(C)c(C#N)s2)cc1F.N#CCN. The summed E-state index contributed by atoms with van der Waals surface area (Å²) < 4.78 is 13.4. The lowest BCUT2D eigenvalue weighted by Gasteiger charge is -1.98. The van der Waals surface area contributed by atoms with Crippen molar-refractivity contribution in [1.29, 1.82) is 10.5 Å². The number of rotatable bonds is 1. The Labute approximate surface area is 134 Å². The Bertz CT molecular complexity index is 680. The zero-order valence-corrected chi connectivity index (χ0v) is 14.0. The summed E-state index contributed by atoms with van der Waals surface area (Å²) in [7, 11) is 0. The van der Waals surface area contributed by atoms with Gasteiger partial charge in [0.15, 0.2) is 0 Å². The first kappa shape index (κ1) is 19.7. The summed E-state index contributed by atoms with van der Waals surface area (Å²) in [5.74, 6) is -0.246. The maximum atomic E-state index is 13.4. The highest BCUT2D eigenvalue weighted by atomic mass is 32.1. The number of nitriles is 2. The zero-order chi connectivity index (χ0) is 17.1. The molecule has 6 heteroatoms. The molecule has 22 heavy (non-hydrogen) atoms. The fourth-order valence-electron chi connectivity index (χ4n) is 1.35. The van der Waals surface area contributed by atoms with Crippen molar-refractivity contribution in [3.63, 3.8) is 0 Å². The summed E-state index contributed by atoms with van der Waals surface area (Å²) in [5.41, 5.74) is 6.69. The van der Waals surface area contributed by atoms with Crippen LogP contribution in [0.15, 0.2) is 18.2 Å². The number of thiazole rings is 1. The van der Waals surface area contributed by atoms with Gasteiger partial charge in [-0.2, -0.15) is 10.5 Å². The molecule has 0 radical (unpaired) electrons. The molecular weight excluding hydrogens is 299 g/mol. The molecular formula is C16H19FN4S. The molecule has 1 aromatic heterocycles. The third-order valence-corrected chi connectivity index (χ3v) is 3.52. The van der Waals surface area contributed by atoms with Crippen molar-refractivity contribution in [2.24, 2.45) is 5.73 Å². The van der Waals surface area contributed by atoms with Crippen LogP contribution in [-0.4, -0.2) is 11.5 Å². The maximum absolute atomic E-state index is 13.4. The van der Waals surface area contributed by atoms with Crippen molar-refractivity contribution in [2.45, 2.75) is 27.7 Å². The highest BCUT2D eigenvalue weighted by molar-refractivity contribution is 7.15. The number of nitrogens with zero attached hydrogens (tertiary/aromatic N) is 3. The van der Waals surface area contributed by atoms with E-state index in [2.05, 4.69) is 16.8 Å². The first-order valence-electron chi connectivity index (χ1n) is 6.74. The average molecular weight is 318 g/mol. The number of halogens is 1. The number of hydrogen-bond acceptors (Lipinski definition) is 5. The van der Waals surface area contributed by atoms with Gasteiger partial charge < -0.3 is 5.73 Å². The van der Waals surface area contributed by atoms with Gasteiger partial charge in [-0.3, -0.25) is 0 Å². The molecule has 2 N–H and O–H groups in total. The fourth-order valence-corrected chi connectivity index (χ4v) is 2.21. The standard InChI is InChI=1S/C12H9FN2S.C2H4N2.C2H6/c1-7-3-4-9(5-10(7)13)12-15-8(2)11(6-14)16-12;3-1-2-4;1-2/h3-5H,1-2H3;1,3H2;1-2H3. The number of nitrogens with two attached hydrogens (primary N) is 1. The summed E-state index contributed by atoms with van der Waals surface area (Å²) in [4.78, 5) is 4.83. The van der Waals surface area contributed by atoms with Crippen LogP contribution in [0.4, 0.5) is 4.39 Å². The highest BCUT2D eigenvalue weighted by Gasteiger charge is 2.10. The molecule has 0 amide bonds. The number of benzene rings is 1. The van der Waals surface area contributed by atoms with Gasteiger partial charge in [-0.25, -0.2) is 9.37 Å². The third kappa shape index (κ3) is 5.61. The Morgan fingerprint density at radius 3 is 2.27 bits per heavy atom. The summed E-state index contributed by atoms with van der Waals surface area (Å²) in [5, 5.41) is 17.0. The minimum absolute atomic E-state index is 0.125. The van der Waals surface area contributed by atoms with Crippen LogP contribution in [0, 0.1) is 42.3 Å². The Kier molecular flexibility index (Phi) is 9.36. The van der Waals surface area contributed by atoms with Gasteiger partial charge in [-0.1, -0.05) is 26.0 Å². The number of aromatic nitrogens is 1. The van der Waals surface area contributed by atoms with Crippen LogP contribution in [-0.2, 0) is 0 Å². The minimum Gasteiger partial charge on any atom is -0.318 e. The van der Waals surface area contributed by atoms with Gasteiger partial charge in [0.05, 0.1) is 18.3 Å². The van der Waals surface area contributed by atoms with Crippen molar-refractivity contribution in [3.8, 4) is 22.7 Å². The zero-order valence-electron chi connectivity index (χ0n) is 13.1. The van der Waals surface area contributed by atoms with Gasteiger partial charge in [-0.05, 0) is 25.5 Å². The molecule has 0 unspecified atom stereocenters. The van der Waals surface area contributed by atoms with Crippen molar-refractivity contribution in [2.75, 3.05) is 6.54 Å². The van der Waals surface area contributed by atoms with E-state index in [-0.39, 0.29) is 12.4 Å². The van der Waals surface area contributed by atoms with Crippen LogP contribution >= 0.6 is 11.3 Å². The van der Waals surface area contributed by atoms with Crippen LogP contribution in [0.5, 0.6) is 0 Å². The monoisotopic (exact) mass is 318 g/mol. The maximum Gasteiger partial charge on any atom is 0.128 e. The van der Waals surface area contributed by atoms with E-state index in [0.717, 1.165) is 5.56 Å². The van der Waals surface area contributed by atoms with Crippen molar-refractivity contribution < 1.29 is 4.39 Å². The van der Waals surface area contributed by atoms with Crippen molar-refractivity contribution >= 4 is 11.3 Å². The summed E-state index contributed by atoms with van der Waals surface area (Å²) in [6, 6.07) is 8.77. The number of hydrogen-bond donors (Lipinski definition) is 1. The topological polar surface area (TPSA) is 86.5 Å². The predicted octanol–water partition coefficient (Wildman–Crippen LogP) is 3.93. The van der Waals surface area contributed by atoms with E-state index in [4.69, 9.17) is 10.5 Å². The van der Waals surface area contributed by atoms with E-state index in [0.29, 0.717) is 21.1 Å². The Balaban J connectivity index is 0.000000640. The Hall–Kier alpha value is -2.28. The lowest BCUT2D eigenvalue weighted by molar-refractivity contribution is 0.619. The van der Waals surface area contributed by atoms with Crippen molar-refractivity contribution in [1.82, 2.24) is 4.98 Å². The highest BCUT2D eigenvalue weighted by Crippen LogP contribution is 2.28. The second kappa shape index (κ2) is 10.4. The third-order valence-electron chi connectivity index (χ3n) is 2.41. The van der Waals surface area contributed by atoms with E-state index in [9.17, 15) is 4.39 Å². The molecule has 0 spiro atoms. The second-order valence-electron chi connectivity index (χ2n) is 3.87. The molecule has 116 valence electrons. The molecule has 0 saturated carbocycles. The van der Waals surface area contributed by atoms with Gasteiger partial charge >= 0.3 is 0 Å². The molecule has 2 aromatic rings. The average Bonchev–Trinajstić information content (AvgIpc) is 2.93. The van der Waals surface area contributed by atoms with E-state index < -0.39 is 0 Å². The van der Waals surface area contributed by atoms with Crippen LogP contribution < -0.4 is 5.73 Å². The normalized spacial score (nSPS) is 8.55. The molecule has 0 atom stereocenters. The van der Waals surface area contributed by atoms with Crippen LogP contribution in [0.1, 0.15) is 30.0 Å². The molecule has 0 saturated heterocycles. The Morgan fingerprint density at radius 2 is 1.86 bits per heavy atom. The Morgan fingerprint density at radius 1 is 1.27 bits per heavy atom. The van der Waals surface area contributed by atoms with E-state index in [1.54, 1.807) is 26.0 Å². The van der Waals surface area contributed by atoms with Crippen LogP contribution in [0.2, 0.25) is 0 Å². The van der Waals surface area contributed by atoms with Gasteiger partial charge in [0.25, 0.3) is 0 Å². The second-order valence-corrected chi connectivity index (χ2v) is 4.87. The lowest BCUT2D eigenvalue weighted by Crippen LogP contribution is -1.91. The van der Waals surface area contributed by atoms with Gasteiger partial charge in [0.1, 0.15) is 21.8 Å². The minimum atomic E-state index is -0.246. The molecule has 0 aliphatic heterocycles. The lowest BCUT2D eigenvalue weighted by atomic mass is 10.1. The van der Waals surface area contributed by atoms with E-state index in [1.165, 1.54) is 17.4 Å². The molecule has 0 fully saturated rings. The molecule has 4 nitrogen and oxygen atoms in total. The molecule has 1 aromatic carbocycles. The smallest absolute Gasteiger partial charge is 0.128 e. The fraction of sp³-hybridized carbons (Fsp3) is 0.312. The van der Waals surface area contributed by atoms with E-state index >= 15 is 0 Å². The van der Waals surface area contributed by atoms with Crippen LogP contribution in [0.25, 0.3) is 10.6 Å². The summed E-state index contributed by atoms with van der Waals surface area (Å²) in [6.07, 6.45) is 0. The first-order valence-corrected chi connectivity index (χ1v) is 7.56. The molecule has 1 heterocycles. The van der Waals surface area contributed by atoms with Crippen molar-refractivity contribution in [3.05, 3.63) is 40.2 Å². The van der Waals surface area contributed by atoms with E-state index in [1.807, 2.05) is 19.9 Å². The van der Waals surface area contributed by atoms with Gasteiger partial charge in [0, 0.05) is 5.56 Å². The first-order chi connectivity index (χ1) is 10.5. The molecule has 0 bridgehead atoms. The van der Waals surface area contributed by atoms with Crippen LogP contribution in [0.3, 0.4) is 0 Å². The molecule has 0 aliphatic rings. The largest absolute Gasteiger partial charge is 0.318 e. The van der Waals surface area contributed by atoms with Gasteiger partial charge in [0.2, 0.25) is 0 Å². The number of aryl methyl sites for hydroxylation is 2.